The maximum atomic E-state index is 13.0. The molecule has 150 valence electrons. The van der Waals surface area contributed by atoms with Crippen molar-refractivity contribution in [3.8, 4) is 0 Å². The SMILES string of the molecule is O=C(CCNc1ccccc1C(F)(F)F)N1CCN(c2ccc(F)cc2)CC1. The van der Waals surface area contributed by atoms with Crippen molar-refractivity contribution in [3.63, 3.8) is 0 Å². The van der Waals surface area contributed by atoms with Crippen LogP contribution in [0, 0.1) is 5.82 Å². The van der Waals surface area contributed by atoms with E-state index in [4.69, 9.17) is 0 Å². The number of nitrogens with zero attached hydrogens (tertiary/aromatic N) is 2. The Morgan fingerprint density at radius 1 is 0.964 bits per heavy atom. The van der Waals surface area contributed by atoms with Crippen LogP contribution in [0.3, 0.4) is 0 Å². The fourth-order valence-corrected chi connectivity index (χ4v) is 3.21. The third-order valence-electron chi connectivity index (χ3n) is 4.71. The third kappa shape index (κ3) is 4.94. The number of anilines is 2. The van der Waals surface area contributed by atoms with Gasteiger partial charge in [-0.2, -0.15) is 13.2 Å². The summed E-state index contributed by atoms with van der Waals surface area (Å²) in [4.78, 5) is 16.1. The highest BCUT2D eigenvalue weighted by Crippen LogP contribution is 2.34. The van der Waals surface area contributed by atoms with Crippen LogP contribution in [-0.4, -0.2) is 43.5 Å². The van der Waals surface area contributed by atoms with Crippen molar-refractivity contribution >= 4 is 17.3 Å². The Morgan fingerprint density at radius 2 is 1.61 bits per heavy atom. The average Bonchev–Trinajstić information content (AvgIpc) is 2.68. The Labute approximate surface area is 160 Å². The summed E-state index contributed by atoms with van der Waals surface area (Å²) in [5.74, 6) is -0.395. The largest absolute Gasteiger partial charge is 0.418 e. The van der Waals surface area contributed by atoms with Gasteiger partial charge >= 0.3 is 6.18 Å². The van der Waals surface area contributed by atoms with E-state index in [1.807, 2.05) is 0 Å². The fourth-order valence-electron chi connectivity index (χ4n) is 3.21. The first-order valence-electron chi connectivity index (χ1n) is 9.03. The van der Waals surface area contributed by atoms with E-state index >= 15 is 0 Å². The lowest BCUT2D eigenvalue weighted by Gasteiger charge is -2.36. The molecule has 2 aromatic rings. The lowest BCUT2D eigenvalue weighted by atomic mass is 10.1. The van der Waals surface area contributed by atoms with E-state index in [0.717, 1.165) is 11.8 Å². The molecule has 0 aromatic heterocycles. The lowest BCUT2D eigenvalue weighted by molar-refractivity contribution is -0.137. The molecule has 0 radical (unpaired) electrons. The van der Waals surface area contributed by atoms with Gasteiger partial charge in [0.2, 0.25) is 5.91 Å². The second kappa shape index (κ2) is 8.50. The molecule has 0 unspecified atom stereocenters. The van der Waals surface area contributed by atoms with Crippen molar-refractivity contribution in [1.82, 2.24) is 4.90 Å². The Hall–Kier alpha value is -2.77. The highest BCUT2D eigenvalue weighted by atomic mass is 19.4. The summed E-state index contributed by atoms with van der Waals surface area (Å²) in [5.41, 5.74) is 0.137. The molecule has 1 N–H and O–H groups in total. The quantitative estimate of drug-likeness (QED) is 0.778. The normalized spacial score (nSPS) is 14.9. The van der Waals surface area contributed by atoms with Crippen molar-refractivity contribution in [1.29, 1.82) is 0 Å². The van der Waals surface area contributed by atoms with Crippen molar-refractivity contribution < 1.29 is 22.4 Å². The van der Waals surface area contributed by atoms with E-state index in [-0.39, 0.29) is 30.4 Å². The number of carbonyl (C=O) groups excluding carboxylic acids is 1. The molecule has 2 aromatic carbocycles. The number of para-hydroxylation sites is 1. The molecule has 0 spiro atoms. The van der Waals surface area contributed by atoms with E-state index in [0.29, 0.717) is 26.2 Å². The lowest BCUT2D eigenvalue weighted by Crippen LogP contribution is -2.49. The van der Waals surface area contributed by atoms with Crippen LogP contribution in [0.15, 0.2) is 48.5 Å². The van der Waals surface area contributed by atoms with Gasteiger partial charge in [0.1, 0.15) is 5.82 Å². The second-order valence-electron chi connectivity index (χ2n) is 6.56. The smallest absolute Gasteiger partial charge is 0.384 e. The Bertz CT molecular complexity index is 800. The van der Waals surface area contributed by atoms with E-state index in [1.165, 1.54) is 30.3 Å². The predicted octanol–water partition coefficient (Wildman–Crippen LogP) is 4.00. The molecule has 1 aliphatic heterocycles. The van der Waals surface area contributed by atoms with Crippen LogP contribution in [0.5, 0.6) is 0 Å². The Morgan fingerprint density at radius 3 is 2.25 bits per heavy atom. The number of carbonyl (C=O) groups is 1. The number of benzene rings is 2. The van der Waals surface area contributed by atoms with Crippen LogP contribution in [-0.2, 0) is 11.0 Å². The number of hydrogen-bond acceptors (Lipinski definition) is 3. The molecule has 0 bridgehead atoms. The van der Waals surface area contributed by atoms with E-state index < -0.39 is 11.7 Å². The van der Waals surface area contributed by atoms with Crippen LogP contribution < -0.4 is 10.2 Å². The van der Waals surface area contributed by atoms with Gasteiger partial charge in [-0.15, -0.1) is 0 Å². The second-order valence-corrected chi connectivity index (χ2v) is 6.56. The van der Waals surface area contributed by atoms with Gasteiger partial charge in [0.05, 0.1) is 5.56 Å². The fraction of sp³-hybridized carbons (Fsp3) is 0.350. The van der Waals surface area contributed by atoms with Crippen LogP contribution in [0.25, 0.3) is 0 Å². The van der Waals surface area contributed by atoms with Gasteiger partial charge < -0.3 is 15.1 Å². The molecule has 1 aliphatic rings. The van der Waals surface area contributed by atoms with Gasteiger partial charge in [-0.25, -0.2) is 4.39 Å². The molecular weight excluding hydrogens is 374 g/mol. The number of nitrogens with one attached hydrogen (secondary N) is 1. The molecule has 0 atom stereocenters. The summed E-state index contributed by atoms with van der Waals surface area (Å²) in [6.07, 6.45) is -4.33. The monoisotopic (exact) mass is 395 g/mol. The first-order chi connectivity index (χ1) is 13.3. The van der Waals surface area contributed by atoms with Gasteiger partial charge in [0, 0.05) is 50.5 Å². The van der Waals surface area contributed by atoms with Gasteiger partial charge in [-0.3, -0.25) is 4.79 Å². The first kappa shape index (κ1) is 20.0. The number of amides is 1. The Kier molecular flexibility index (Phi) is 6.06. The molecule has 1 saturated heterocycles. The summed E-state index contributed by atoms with van der Waals surface area (Å²) in [6, 6.07) is 11.4. The van der Waals surface area contributed by atoms with Crippen molar-refractivity contribution in [2.75, 3.05) is 42.9 Å². The minimum absolute atomic E-state index is 0.0241. The molecular formula is C20H21F4N3O. The molecule has 3 rings (SSSR count). The van der Waals surface area contributed by atoms with Crippen LogP contribution in [0.2, 0.25) is 0 Å². The van der Waals surface area contributed by atoms with Gasteiger partial charge in [0.15, 0.2) is 0 Å². The summed E-state index contributed by atoms with van der Waals surface area (Å²) in [6.45, 7) is 2.43. The molecule has 4 nitrogen and oxygen atoms in total. The molecule has 1 heterocycles. The summed E-state index contributed by atoms with van der Waals surface area (Å²) < 4.78 is 52.0. The standard InChI is InChI=1S/C20H21F4N3O/c21-15-5-7-16(8-6-15)26-11-13-27(14-12-26)19(28)9-10-25-18-4-2-1-3-17(18)20(22,23)24/h1-8,25H,9-14H2. The maximum Gasteiger partial charge on any atom is 0.418 e. The van der Waals surface area contributed by atoms with Crippen molar-refractivity contribution in [2.24, 2.45) is 0 Å². The van der Waals surface area contributed by atoms with Crippen molar-refractivity contribution in [3.05, 3.63) is 59.9 Å². The predicted molar refractivity (Wildman–Crippen MR) is 99.7 cm³/mol. The number of hydrogen-bond donors (Lipinski definition) is 1. The van der Waals surface area contributed by atoms with Gasteiger partial charge in [0.25, 0.3) is 0 Å². The molecule has 0 aliphatic carbocycles. The highest BCUT2D eigenvalue weighted by molar-refractivity contribution is 5.77. The zero-order valence-electron chi connectivity index (χ0n) is 15.2. The summed E-state index contributed by atoms with van der Waals surface area (Å²) in [5, 5.41) is 2.72. The van der Waals surface area contributed by atoms with Crippen molar-refractivity contribution in [2.45, 2.75) is 12.6 Å². The van der Waals surface area contributed by atoms with Crippen LogP contribution in [0.1, 0.15) is 12.0 Å². The molecule has 8 heteroatoms. The minimum Gasteiger partial charge on any atom is -0.384 e. The number of piperazine rings is 1. The maximum absolute atomic E-state index is 13.0. The highest BCUT2D eigenvalue weighted by Gasteiger charge is 2.33. The zero-order chi connectivity index (χ0) is 20.1. The molecule has 0 saturated carbocycles. The van der Waals surface area contributed by atoms with Crippen LogP contribution >= 0.6 is 0 Å². The van der Waals surface area contributed by atoms with E-state index in [2.05, 4.69) is 10.2 Å². The van der Waals surface area contributed by atoms with E-state index in [9.17, 15) is 22.4 Å². The molecule has 1 fully saturated rings. The van der Waals surface area contributed by atoms with Crippen LogP contribution in [0.4, 0.5) is 28.9 Å². The third-order valence-corrected chi connectivity index (χ3v) is 4.71. The molecule has 28 heavy (non-hydrogen) atoms. The molecule has 1 amide bonds. The Balaban J connectivity index is 1.47. The van der Waals surface area contributed by atoms with E-state index in [1.54, 1.807) is 17.0 Å². The number of rotatable bonds is 5. The zero-order valence-corrected chi connectivity index (χ0v) is 15.2. The van der Waals surface area contributed by atoms with Gasteiger partial charge in [-0.1, -0.05) is 12.1 Å². The average molecular weight is 395 g/mol. The summed E-state index contributed by atoms with van der Waals surface area (Å²) >= 11 is 0. The van der Waals surface area contributed by atoms with Gasteiger partial charge in [-0.05, 0) is 36.4 Å². The first-order valence-corrected chi connectivity index (χ1v) is 9.03. The number of alkyl halides is 3. The minimum atomic E-state index is -4.44. The number of halogens is 4. The summed E-state index contributed by atoms with van der Waals surface area (Å²) in [7, 11) is 0. The topological polar surface area (TPSA) is 35.6 Å².